The summed E-state index contributed by atoms with van der Waals surface area (Å²) in [5.41, 5.74) is 5.59. The summed E-state index contributed by atoms with van der Waals surface area (Å²) in [6.45, 7) is 0.113. The van der Waals surface area contributed by atoms with Crippen molar-refractivity contribution in [2.24, 2.45) is 11.7 Å². The first-order valence-corrected chi connectivity index (χ1v) is 7.15. The van der Waals surface area contributed by atoms with Crippen LogP contribution in [0.3, 0.4) is 0 Å². The smallest absolute Gasteiger partial charge is 0.384 e. The van der Waals surface area contributed by atoms with Crippen molar-refractivity contribution < 1.29 is 17.6 Å². The standard InChI is InChI=1S/C13H14BrF4N3/c14-10-8(12(19)20)3-4-9(11(10)15)21-5-1-2-7(6-21)13(16,17)18/h3-4,7H,1-2,5-6H2,(H3,19,20). The van der Waals surface area contributed by atoms with Crippen molar-refractivity contribution in [2.75, 3.05) is 18.0 Å². The van der Waals surface area contributed by atoms with Crippen LogP contribution in [-0.2, 0) is 0 Å². The number of nitrogens with one attached hydrogen (secondary N) is 1. The molecule has 1 aromatic carbocycles. The quantitative estimate of drug-likeness (QED) is 0.476. The van der Waals surface area contributed by atoms with Gasteiger partial charge in [-0.15, -0.1) is 0 Å². The molecule has 1 aliphatic rings. The summed E-state index contributed by atoms with van der Waals surface area (Å²) in [7, 11) is 0. The second kappa shape index (κ2) is 5.82. The van der Waals surface area contributed by atoms with Gasteiger partial charge in [-0.05, 0) is 40.9 Å². The lowest BCUT2D eigenvalue weighted by Crippen LogP contribution is -2.42. The molecule has 116 valence electrons. The normalized spacial score (nSPS) is 19.7. The van der Waals surface area contributed by atoms with Crippen LogP contribution in [0, 0.1) is 17.1 Å². The molecule has 1 atom stereocenters. The van der Waals surface area contributed by atoms with Crippen molar-refractivity contribution >= 4 is 27.5 Å². The molecule has 3 N–H and O–H groups in total. The number of piperidine rings is 1. The molecule has 1 aromatic rings. The average molecular weight is 368 g/mol. The lowest BCUT2D eigenvalue weighted by Gasteiger charge is -2.35. The van der Waals surface area contributed by atoms with Crippen LogP contribution in [0.2, 0.25) is 0 Å². The van der Waals surface area contributed by atoms with E-state index in [2.05, 4.69) is 15.9 Å². The van der Waals surface area contributed by atoms with Gasteiger partial charge in [-0.3, -0.25) is 5.41 Å². The number of hydrogen-bond acceptors (Lipinski definition) is 2. The highest BCUT2D eigenvalue weighted by Crippen LogP contribution is 2.37. The maximum atomic E-state index is 14.3. The molecule has 21 heavy (non-hydrogen) atoms. The van der Waals surface area contributed by atoms with Gasteiger partial charge in [0.25, 0.3) is 0 Å². The molecule has 8 heteroatoms. The monoisotopic (exact) mass is 367 g/mol. The van der Waals surface area contributed by atoms with E-state index in [9.17, 15) is 17.6 Å². The molecule has 1 saturated heterocycles. The number of halogens is 5. The first kappa shape index (κ1) is 16.1. The third-order valence-electron chi connectivity index (χ3n) is 3.58. The number of amidine groups is 1. The fourth-order valence-corrected chi connectivity index (χ4v) is 3.00. The molecule has 0 bridgehead atoms. The minimum atomic E-state index is -4.27. The van der Waals surface area contributed by atoms with Crippen LogP contribution in [0.15, 0.2) is 16.6 Å². The predicted octanol–water partition coefficient (Wildman–Crippen LogP) is 3.65. The van der Waals surface area contributed by atoms with Crippen LogP contribution in [0.4, 0.5) is 23.2 Å². The molecule has 0 aromatic heterocycles. The molecular weight excluding hydrogens is 354 g/mol. The number of nitrogens with two attached hydrogens (primary N) is 1. The van der Waals surface area contributed by atoms with E-state index in [0.29, 0.717) is 13.0 Å². The molecule has 0 saturated carbocycles. The van der Waals surface area contributed by atoms with E-state index in [-0.39, 0.29) is 34.5 Å². The van der Waals surface area contributed by atoms with Crippen molar-refractivity contribution in [1.82, 2.24) is 0 Å². The molecular formula is C13H14BrF4N3. The van der Waals surface area contributed by atoms with Crippen LogP contribution in [0.1, 0.15) is 18.4 Å². The lowest BCUT2D eigenvalue weighted by molar-refractivity contribution is -0.176. The first-order valence-electron chi connectivity index (χ1n) is 6.36. The van der Waals surface area contributed by atoms with Crippen LogP contribution >= 0.6 is 15.9 Å². The Morgan fingerprint density at radius 2 is 2.05 bits per heavy atom. The summed E-state index contributed by atoms with van der Waals surface area (Å²) in [6, 6.07) is 2.80. The van der Waals surface area contributed by atoms with E-state index >= 15 is 0 Å². The number of rotatable bonds is 2. The molecule has 0 spiro atoms. The van der Waals surface area contributed by atoms with Gasteiger partial charge in [-0.1, -0.05) is 0 Å². The Hall–Kier alpha value is -1.31. The predicted molar refractivity (Wildman–Crippen MR) is 76.1 cm³/mol. The van der Waals surface area contributed by atoms with Gasteiger partial charge in [0, 0.05) is 18.7 Å². The van der Waals surface area contributed by atoms with E-state index in [1.165, 1.54) is 17.0 Å². The summed E-state index contributed by atoms with van der Waals surface area (Å²) >= 11 is 3.01. The molecule has 0 amide bonds. The molecule has 1 aliphatic heterocycles. The third-order valence-corrected chi connectivity index (χ3v) is 4.35. The van der Waals surface area contributed by atoms with Crippen LogP contribution in [0.25, 0.3) is 0 Å². The molecule has 3 nitrogen and oxygen atoms in total. The van der Waals surface area contributed by atoms with Gasteiger partial charge in [0.2, 0.25) is 0 Å². The molecule has 1 unspecified atom stereocenters. The third kappa shape index (κ3) is 3.30. The maximum Gasteiger partial charge on any atom is 0.393 e. The Morgan fingerprint density at radius 3 is 2.62 bits per heavy atom. The van der Waals surface area contributed by atoms with Gasteiger partial charge in [0.05, 0.1) is 16.1 Å². The second-order valence-electron chi connectivity index (χ2n) is 5.00. The number of nitrogen functional groups attached to an aromatic ring is 1. The van der Waals surface area contributed by atoms with Crippen LogP contribution in [0.5, 0.6) is 0 Å². The largest absolute Gasteiger partial charge is 0.393 e. The summed E-state index contributed by atoms with van der Waals surface area (Å²) < 4.78 is 52.7. The Labute approximate surface area is 127 Å². The molecule has 1 heterocycles. The van der Waals surface area contributed by atoms with Gasteiger partial charge in [0.15, 0.2) is 5.82 Å². The first-order chi connectivity index (χ1) is 9.71. The zero-order chi connectivity index (χ0) is 15.8. The molecule has 2 rings (SSSR count). The average Bonchev–Trinajstić information content (AvgIpc) is 2.40. The fourth-order valence-electron chi connectivity index (χ4n) is 2.45. The van der Waals surface area contributed by atoms with Gasteiger partial charge in [0.1, 0.15) is 5.84 Å². The lowest BCUT2D eigenvalue weighted by atomic mass is 9.97. The Kier molecular flexibility index (Phi) is 4.46. The van der Waals surface area contributed by atoms with E-state index in [4.69, 9.17) is 11.1 Å². The van der Waals surface area contributed by atoms with Crippen molar-refractivity contribution in [2.45, 2.75) is 19.0 Å². The second-order valence-corrected chi connectivity index (χ2v) is 5.79. The summed E-state index contributed by atoms with van der Waals surface area (Å²) in [4.78, 5) is 1.39. The summed E-state index contributed by atoms with van der Waals surface area (Å²) in [6.07, 6.45) is -3.85. The van der Waals surface area contributed by atoms with E-state index in [1.54, 1.807) is 0 Å². The minimum absolute atomic E-state index is 0.00151. The zero-order valence-corrected chi connectivity index (χ0v) is 12.6. The zero-order valence-electron chi connectivity index (χ0n) is 11.0. The summed E-state index contributed by atoms with van der Waals surface area (Å²) in [5, 5.41) is 7.32. The topological polar surface area (TPSA) is 53.1 Å². The molecule has 0 aliphatic carbocycles. The van der Waals surface area contributed by atoms with Gasteiger partial charge in [-0.25, -0.2) is 4.39 Å². The van der Waals surface area contributed by atoms with Gasteiger partial charge in [-0.2, -0.15) is 13.2 Å². The highest BCUT2D eigenvalue weighted by Gasteiger charge is 2.42. The number of alkyl halides is 3. The molecule has 1 fully saturated rings. The van der Waals surface area contributed by atoms with Crippen molar-refractivity contribution in [3.63, 3.8) is 0 Å². The van der Waals surface area contributed by atoms with Gasteiger partial charge < -0.3 is 10.6 Å². The van der Waals surface area contributed by atoms with Crippen LogP contribution < -0.4 is 10.6 Å². The van der Waals surface area contributed by atoms with Crippen molar-refractivity contribution in [3.8, 4) is 0 Å². The number of hydrogen-bond donors (Lipinski definition) is 2. The fraction of sp³-hybridized carbons (Fsp3) is 0.462. The van der Waals surface area contributed by atoms with E-state index in [0.717, 1.165) is 0 Å². The SMILES string of the molecule is N=C(N)c1ccc(N2CCCC(C(F)(F)F)C2)c(F)c1Br. The van der Waals surface area contributed by atoms with Crippen molar-refractivity contribution in [1.29, 1.82) is 5.41 Å². The van der Waals surface area contributed by atoms with E-state index < -0.39 is 17.9 Å². The Balaban J connectivity index is 2.30. The van der Waals surface area contributed by atoms with Gasteiger partial charge >= 0.3 is 6.18 Å². The highest BCUT2D eigenvalue weighted by molar-refractivity contribution is 9.10. The number of anilines is 1. The van der Waals surface area contributed by atoms with E-state index in [1.807, 2.05) is 0 Å². The minimum Gasteiger partial charge on any atom is -0.384 e. The number of nitrogens with zero attached hydrogens (tertiary/aromatic N) is 1. The van der Waals surface area contributed by atoms with Crippen LogP contribution in [-0.4, -0.2) is 25.1 Å². The van der Waals surface area contributed by atoms with Crippen molar-refractivity contribution in [3.05, 3.63) is 28.0 Å². The Bertz CT molecular complexity index is 559. The maximum absolute atomic E-state index is 14.3. The number of benzene rings is 1. The highest BCUT2D eigenvalue weighted by atomic mass is 79.9. The molecule has 0 radical (unpaired) electrons. The summed E-state index contributed by atoms with van der Waals surface area (Å²) in [5.74, 6) is -2.44. The Morgan fingerprint density at radius 1 is 1.38 bits per heavy atom.